The Labute approximate surface area is 156 Å². The molecule has 1 fully saturated rings. The zero-order chi connectivity index (χ0) is 18.2. The minimum Gasteiger partial charge on any atom is -0.303 e. The third-order valence-electron chi connectivity index (χ3n) is 5.44. The predicted molar refractivity (Wildman–Crippen MR) is 104 cm³/mol. The molecule has 2 nitrogen and oxygen atoms in total. The monoisotopic (exact) mass is 353 g/mol. The summed E-state index contributed by atoms with van der Waals surface area (Å²) in [5, 5.41) is 0. The van der Waals surface area contributed by atoms with Gasteiger partial charge >= 0.3 is 0 Å². The zero-order valence-electron chi connectivity index (χ0n) is 15.4. The number of hydrogen-bond acceptors (Lipinski definition) is 2. The van der Waals surface area contributed by atoms with Gasteiger partial charge in [0.1, 0.15) is 5.82 Å². The average molecular weight is 353 g/mol. The first-order valence-electron chi connectivity index (χ1n) is 9.76. The first-order valence-corrected chi connectivity index (χ1v) is 9.76. The highest BCUT2D eigenvalue weighted by molar-refractivity contribution is 5.95. The largest absolute Gasteiger partial charge is 0.303 e. The molecule has 0 aliphatic carbocycles. The number of Topliss-reactive ketones (excluding diaryl/α,β-unsaturated/α-hetero) is 1. The molecule has 26 heavy (non-hydrogen) atoms. The Hall–Kier alpha value is -2.00. The van der Waals surface area contributed by atoms with Crippen LogP contribution < -0.4 is 0 Å². The quantitative estimate of drug-likeness (QED) is 0.613. The van der Waals surface area contributed by atoms with E-state index in [0.717, 1.165) is 32.0 Å². The third-order valence-corrected chi connectivity index (χ3v) is 5.44. The maximum Gasteiger partial charge on any atom is 0.162 e. The molecule has 0 atom stereocenters. The van der Waals surface area contributed by atoms with Crippen LogP contribution in [0.15, 0.2) is 54.6 Å². The molecule has 0 spiro atoms. The lowest BCUT2D eigenvalue weighted by molar-refractivity contribution is 0.0970. The summed E-state index contributed by atoms with van der Waals surface area (Å²) in [5.41, 5.74) is 2.06. The van der Waals surface area contributed by atoms with Crippen molar-refractivity contribution < 1.29 is 9.18 Å². The van der Waals surface area contributed by atoms with E-state index in [2.05, 4.69) is 35.2 Å². The molecule has 0 aromatic heterocycles. The van der Waals surface area contributed by atoms with Gasteiger partial charge in [0.25, 0.3) is 0 Å². The summed E-state index contributed by atoms with van der Waals surface area (Å²) < 4.78 is 12.9. The lowest BCUT2D eigenvalue weighted by Crippen LogP contribution is -2.34. The molecule has 1 aliphatic heterocycles. The molecule has 1 aliphatic rings. The second-order valence-electron chi connectivity index (χ2n) is 7.34. The normalized spacial score (nSPS) is 15.9. The van der Waals surface area contributed by atoms with Crippen molar-refractivity contribution in [1.29, 1.82) is 0 Å². The van der Waals surface area contributed by atoms with E-state index in [1.807, 2.05) is 0 Å². The van der Waals surface area contributed by atoms with Crippen molar-refractivity contribution in [3.8, 4) is 0 Å². The number of ketones is 1. The summed E-state index contributed by atoms with van der Waals surface area (Å²) in [5.74, 6) is 0.645. The van der Waals surface area contributed by atoms with Gasteiger partial charge in [-0.1, -0.05) is 30.3 Å². The Morgan fingerprint density at radius 3 is 2.38 bits per heavy atom. The number of halogens is 1. The highest BCUT2D eigenvalue weighted by Crippen LogP contribution is 2.22. The fourth-order valence-electron chi connectivity index (χ4n) is 3.76. The van der Waals surface area contributed by atoms with Crippen molar-refractivity contribution in [3.63, 3.8) is 0 Å². The predicted octanol–water partition coefficient (Wildman–Crippen LogP) is 5.13. The molecule has 1 heterocycles. The number of carbonyl (C=O) groups excluding carboxylic acids is 1. The van der Waals surface area contributed by atoms with Crippen LogP contribution >= 0.6 is 0 Å². The first-order chi connectivity index (χ1) is 12.7. The molecule has 0 saturated carbocycles. The fraction of sp³-hybridized carbons (Fsp3) is 0.435. The molecule has 0 N–H and O–H groups in total. The number of likely N-dealkylation sites (tertiary alicyclic amines) is 1. The summed E-state index contributed by atoms with van der Waals surface area (Å²) in [6.07, 6.45) is 6.40. The van der Waals surface area contributed by atoms with Gasteiger partial charge in [-0.05, 0) is 87.5 Å². The van der Waals surface area contributed by atoms with Crippen molar-refractivity contribution in [2.24, 2.45) is 5.92 Å². The minimum absolute atomic E-state index is 0.114. The van der Waals surface area contributed by atoms with Crippen LogP contribution in [0.25, 0.3) is 0 Å². The molecule has 0 bridgehead atoms. The Balaban J connectivity index is 1.31. The summed E-state index contributed by atoms with van der Waals surface area (Å²) in [7, 11) is 0. The van der Waals surface area contributed by atoms with Gasteiger partial charge < -0.3 is 4.90 Å². The van der Waals surface area contributed by atoms with Crippen LogP contribution in [0.5, 0.6) is 0 Å². The number of hydrogen-bond donors (Lipinski definition) is 0. The summed E-state index contributed by atoms with van der Waals surface area (Å²) >= 11 is 0. The van der Waals surface area contributed by atoms with E-state index >= 15 is 0 Å². The van der Waals surface area contributed by atoms with E-state index in [-0.39, 0.29) is 11.6 Å². The van der Waals surface area contributed by atoms with Gasteiger partial charge in [-0.15, -0.1) is 0 Å². The molecular formula is C23H28FNO. The third kappa shape index (κ3) is 5.77. The molecule has 1 saturated heterocycles. The van der Waals surface area contributed by atoms with Crippen molar-refractivity contribution in [2.45, 2.75) is 38.5 Å². The number of benzene rings is 2. The van der Waals surface area contributed by atoms with Gasteiger partial charge in [0, 0.05) is 12.0 Å². The lowest BCUT2D eigenvalue weighted by Gasteiger charge is -2.32. The molecule has 2 aromatic carbocycles. The maximum absolute atomic E-state index is 12.9. The Morgan fingerprint density at radius 2 is 1.69 bits per heavy atom. The highest BCUT2D eigenvalue weighted by atomic mass is 19.1. The van der Waals surface area contributed by atoms with Crippen molar-refractivity contribution >= 4 is 5.78 Å². The van der Waals surface area contributed by atoms with Crippen LogP contribution in [0.3, 0.4) is 0 Å². The van der Waals surface area contributed by atoms with E-state index in [1.54, 1.807) is 12.1 Å². The second-order valence-corrected chi connectivity index (χ2v) is 7.34. The Kier molecular flexibility index (Phi) is 6.96. The van der Waals surface area contributed by atoms with Gasteiger partial charge in [0.2, 0.25) is 0 Å². The highest BCUT2D eigenvalue weighted by Gasteiger charge is 2.19. The van der Waals surface area contributed by atoms with Gasteiger partial charge in [0.15, 0.2) is 5.78 Å². The smallest absolute Gasteiger partial charge is 0.162 e. The molecule has 3 rings (SSSR count). The topological polar surface area (TPSA) is 20.3 Å². The van der Waals surface area contributed by atoms with Gasteiger partial charge in [0.05, 0.1) is 0 Å². The van der Waals surface area contributed by atoms with Crippen molar-refractivity contribution in [1.82, 2.24) is 4.90 Å². The summed E-state index contributed by atoms with van der Waals surface area (Å²) in [4.78, 5) is 14.6. The number of carbonyl (C=O) groups is 1. The average Bonchev–Trinajstić information content (AvgIpc) is 2.68. The second kappa shape index (κ2) is 9.63. The Morgan fingerprint density at radius 1 is 1.00 bits per heavy atom. The van der Waals surface area contributed by atoms with E-state index in [1.165, 1.54) is 43.4 Å². The summed E-state index contributed by atoms with van der Waals surface area (Å²) in [6.45, 7) is 3.27. The van der Waals surface area contributed by atoms with Crippen LogP contribution in [0.2, 0.25) is 0 Å². The standard InChI is InChI=1S/C23H28FNO/c24-22-12-10-21(11-13-22)23(26)7-4-16-25-17-14-20(15-18-25)9-8-19-5-2-1-3-6-19/h1-3,5-6,10-13,20H,4,7-9,14-18H2. The lowest BCUT2D eigenvalue weighted by atomic mass is 9.90. The van der Waals surface area contributed by atoms with Gasteiger partial charge in [-0.3, -0.25) is 4.79 Å². The molecule has 0 amide bonds. The number of nitrogens with zero attached hydrogens (tertiary/aromatic N) is 1. The van der Waals surface area contributed by atoms with Crippen molar-refractivity contribution in [2.75, 3.05) is 19.6 Å². The van der Waals surface area contributed by atoms with Crippen LogP contribution in [-0.2, 0) is 6.42 Å². The number of piperidine rings is 1. The maximum atomic E-state index is 12.9. The van der Waals surface area contributed by atoms with E-state index in [9.17, 15) is 9.18 Å². The van der Waals surface area contributed by atoms with E-state index in [4.69, 9.17) is 0 Å². The van der Waals surface area contributed by atoms with E-state index < -0.39 is 0 Å². The van der Waals surface area contributed by atoms with Gasteiger partial charge in [-0.25, -0.2) is 4.39 Å². The van der Waals surface area contributed by atoms with Crippen LogP contribution in [0, 0.1) is 11.7 Å². The SMILES string of the molecule is O=C(CCCN1CCC(CCc2ccccc2)CC1)c1ccc(F)cc1. The molecule has 0 radical (unpaired) electrons. The van der Waals surface area contributed by atoms with Crippen LogP contribution in [0.1, 0.15) is 48.0 Å². The van der Waals surface area contributed by atoms with Crippen molar-refractivity contribution in [3.05, 3.63) is 71.5 Å². The van der Waals surface area contributed by atoms with Gasteiger partial charge in [-0.2, -0.15) is 0 Å². The van der Waals surface area contributed by atoms with Crippen LogP contribution in [0.4, 0.5) is 4.39 Å². The number of rotatable bonds is 8. The Bertz CT molecular complexity index is 675. The van der Waals surface area contributed by atoms with Crippen LogP contribution in [-0.4, -0.2) is 30.3 Å². The number of aryl methyl sites for hydroxylation is 1. The molecular weight excluding hydrogens is 325 g/mol. The molecule has 3 heteroatoms. The summed E-state index contributed by atoms with van der Waals surface area (Å²) in [6, 6.07) is 16.6. The molecule has 2 aromatic rings. The zero-order valence-corrected chi connectivity index (χ0v) is 15.4. The molecule has 0 unspecified atom stereocenters. The van der Waals surface area contributed by atoms with E-state index in [0.29, 0.717) is 12.0 Å². The fourth-order valence-corrected chi connectivity index (χ4v) is 3.76. The first kappa shape index (κ1) is 18.8. The minimum atomic E-state index is -0.295. The molecule has 138 valence electrons.